The van der Waals surface area contributed by atoms with Gasteiger partial charge in [0.25, 0.3) is 0 Å². The fraction of sp³-hybridized carbons (Fsp3) is 0.400. The van der Waals surface area contributed by atoms with Crippen molar-refractivity contribution in [2.45, 2.75) is 33.7 Å². The van der Waals surface area contributed by atoms with E-state index in [-0.39, 0.29) is 0 Å². The highest BCUT2D eigenvalue weighted by Gasteiger charge is 2.16. The van der Waals surface area contributed by atoms with Crippen LogP contribution in [0.1, 0.15) is 25.1 Å². The molecule has 1 heterocycles. The van der Waals surface area contributed by atoms with Gasteiger partial charge in [-0.25, -0.2) is 4.68 Å². The van der Waals surface area contributed by atoms with Gasteiger partial charge in [0.05, 0.1) is 11.4 Å². The second-order valence-corrected chi connectivity index (χ2v) is 4.72. The molecule has 2 rings (SSSR count). The molecule has 19 heavy (non-hydrogen) atoms. The molecule has 0 atom stereocenters. The highest BCUT2D eigenvalue weighted by Crippen LogP contribution is 2.31. The van der Waals surface area contributed by atoms with Crippen molar-refractivity contribution in [2.24, 2.45) is 0 Å². The van der Waals surface area contributed by atoms with E-state index < -0.39 is 0 Å². The summed E-state index contributed by atoms with van der Waals surface area (Å²) in [7, 11) is 2.03. The van der Waals surface area contributed by atoms with E-state index in [0.29, 0.717) is 0 Å². The van der Waals surface area contributed by atoms with E-state index in [0.717, 1.165) is 35.9 Å². The van der Waals surface area contributed by atoms with E-state index in [9.17, 15) is 0 Å². The monoisotopic (exact) mass is 258 g/mol. The highest BCUT2D eigenvalue weighted by atomic mass is 15.4. The van der Waals surface area contributed by atoms with Crippen LogP contribution in [0.3, 0.4) is 0 Å². The molecule has 102 valence electrons. The van der Waals surface area contributed by atoms with Crippen molar-refractivity contribution in [3.8, 4) is 0 Å². The van der Waals surface area contributed by atoms with Crippen molar-refractivity contribution in [2.75, 3.05) is 17.7 Å². The molecule has 0 amide bonds. The first kappa shape index (κ1) is 13.5. The second-order valence-electron chi connectivity index (χ2n) is 4.72. The van der Waals surface area contributed by atoms with E-state index in [1.54, 1.807) is 0 Å². The number of aromatic nitrogens is 2. The van der Waals surface area contributed by atoms with Gasteiger partial charge in [-0.2, -0.15) is 5.10 Å². The van der Waals surface area contributed by atoms with Gasteiger partial charge in [0.15, 0.2) is 5.82 Å². The molecule has 1 aromatic carbocycles. The van der Waals surface area contributed by atoms with Crippen molar-refractivity contribution in [3.63, 3.8) is 0 Å². The van der Waals surface area contributed by atoms with Crippen LogP contribution < -0.4 is 10.6 Å². The van der Waals surface area contributed by atoms with Gasteiger partial charge >= 0.3 is 0 Å². The Morgan fingerprint density at radius 3 is 2.37 bits per heavy atom. The first-order chi connectivity index (χ1) is 9.08. The van der Waals surface area contributed by atoms with E-state index in [1.807, 2.05) is 18.7 Å². The van der Waals surface area contributed by atoms with Crippen molar-refractivity contribution < 1.29 is 0 Å². The molecule has 0 bridgehead atoms. The summed E-state index contributed by atoms with van der Waals surface area (Å²) in [5.41, 5.74) is 10.2. The summed E-state index contributed by atoms with van der Waals surface area (Å²) >= 11 is 0. The maximum atomic E-state index is 6.15. The van der Waals surface area contributed by atoms with E-state index in [4.69, 9.17) is 5.73 Å². The largest absolute Gasteiger partial charge is 0.394 e. The summed E-state index contributed by atoms with van der Waals surface area (Å²) in [5.74, 6) is 0.962. The smallest absolute Gasteiger partial charge is 0.154 e. The quantitative estimate of drug-likeness (QED) is 0.916. The molecule has 2 aromatic rings. The molecular weight excluding hydrogens is 236 g/mol. The van der Waals surface area contributed by atoms with Gasteiger partial charge in [0, 0.05) is 19.3 Å². The van der Waals surface area contributed by atoms with Crippen LogP contribution in [-0.2, 0) is 13.0 Å². The average Bonchev–Trinajstić information content (AvgIpc) is 2.73. The van der Waals surface area contributed by atoms with Crippen LogP contribution in [0.4, 0.5) is 17.2 Å². The van der Waals surface area contributed by atoms with Gasteiger partial charge in [-0.15, -0.1) is 0 Å². The number of hydrogen-bond donors (Lipinski definition) is 1. The zero-order valence-corrected chi connectivity index (χ0v) is 12.1. The molecule has 0 saturated heterocycles. The van der Waals surface area contributed by atoms with Gasteiger partial charge in [0.1, 0.15) is 0 Å². The lowest BCUT2D eigenvalue weighted by Crippen LogP contribution is -2.16. The number of rotatable bonds is 4. The number of benzene rings is 1. The van der Waals surface area contributed by atoms with Crippen molar-refractivity contribution in [1.29, 1.82) is 0 Å². The Morgan fingerprint density at radius 1 is 1.21 bits per heavy atom. The number of nitrogens with zero attached hydrogens (tertiary/aromatic N) is 3. The normalized spacial score (nSPS) is 10.7. The Kier molecular flexibility index (Phi) is 3.79. The van der Waals surface area contributed by atoms with Gasteiger partial charge in [-0.1, -0.05) is 19.1 Å². The summed E-state index contributed by atoms with van der Waals surface area (Å²) in [6, 6.07) is 8.56. The Hall–Kier alpha value is -1.97. The lowest BCUT2D eigenvalue weighted by Gasteiger charge is -2.21. The molecule has 2 N–H and O–H groups in total. The molecule has 0 unspecified atom stereocenters. The van der Waals surface area contributed by atoms with Gasteiger partial charge in [-0.05, 0) is 38.0 Å². The second kappa shape index (κ2) is 5.34. The van der Waals surface area contributed by atoms with Crippen LogP contribution in [0.5, 0.6) is 0 Å². The molecule has 4 heteroatoms. The number of aryl methyl sites for hydroxylation is 3. The minimum Gasteiger partial charge on any atom is -0.394 e. The lowest BCUT2D eigenvalue weighted by atomic mass is 10.1. The molecule has 1 aromatic heterocycles. The van der Waals surface area contributed by atoms with Crippen LogP contribution in [0.2, 0.25) is 0 Å². The van der Waals surface area contributed by atoms with Crippen LogP contribution in [0.15, 0.2) is 24.3 Å². The minimum atomic E-state index is 0.754. The van der Waals surface area contributed by atoms with Gasteiger partial charge < -0.3 is 10.6 Å². The van der Waals surface area contributed by atoms with E-state index in [2.05, 4.69) is 48.1 Å². The number of anilines is 3. The molecule has 4 nitrogen and oxygen atoms in total. The maximum Gasteiger partial charge on any atom is 0.154 e. The van der Waals surface area contributed by atoms with E-state index in [1.165, 1.54) is 5.56 Å². The summed E-state index contributed by atoms with van der Waals surface area (Å²) in [6.07, 6.45) is 1.05. The molecule has 0 aliphatic heterocycles. The van der Waals surface area contributed by atoms with Crippen LogP contribution in [0.25, 0.3) is 0 Å². The fourth-order valence-corrected chi connectivity index (χ4v) is 2.23. The Bertz CT molecular complexity index is 554. The molecule has 0 spiro atoms. The Labute approximate surface area is 114 Å². The highest BCUT2D eigenvalue weighted by molar-refractivity contribution is 5.73. The Balaban J connectivity index is 2.40. The third-order valence-corrected chi connectivity index (χ3v) is 3.50. The number of nitrogen functional groups attached to an aromatic ring is 1. The third-order valence-electron chi connectivity index (χ3n) is 3.50. The number of nitrogens with two attached hydrogens (primary N) is 1. The molecule has 0 aliphatic carbocycles. The third kappa shape index (κ3) is 2.43. The van der Waals surface area contributed by atoms with Crippen LogP contribution >= 0.6 is 0 Å². The number of hydrogen-bond acceptors (Lipinski definition) is 3. The minimum absolute atomic E-state index is 0.754. The van der Waals surface area contributed by atoms with Crippen molar-refractivity contribution in [3.05, 3.63) is 35.5 Å². The summed E-state index contributed by atoms with van der Waals surface area (Å²) in [4.78, 5) is 2.10. The first-order valence-electron chi connectivity index (χ1n) is 6.74. The molecule has 0 fully saturated rings. The predicted molar refractivity (Wildman–Crippen MR) is 80.9 cm³/mol. The molecule has 0 aliphatic rings. The zero-order chi connectivity index (χ0) is 14.0. The van der Waals surface area contributed by atoms with Gasteiger partial charge in [-0.3, -0.25) is 0 Å². The van der Waals surface area contributed by atoms with Crippen LogP contribution in [0, 0.1) is 6.92 Å². The summed E-state index contributed by atoms with van der Waals surface area (Å²) < 4.78 is 1.94. The van der Waals surface area contributed by atoms with Crippen LogP contribution in [-0.4, -0.2) is 16.8 Å². The standard InChI is InChI=1S/C15H22N4/c1-5-12-7-9-13(10-8-12)18(4)15-14(16)11(3)17-19(15)6-2/h7-10H,5-6,16H2,1-4H3. The molecular formula is C15H22N4. The summed E-state index contributed by atoms with van der Waals surface area (Å²) in [5, 5.41) is 4.46. The zero-order valence-electron chi connectivity index (χ0n) is 12.1. The first-order valence-corrected chi connectivity index (χ1v) is 6.74. The average molecular weight is 258 g/mol. The lowest BCUT2D eigenvalue weighted by molar-refractivity contribution is 0.652. The van der Waals surface area contributed by atoms with Crippen molar-refractivity contribution in [1.82, 2.24) is 9.78 Å². The maximum absolute atomic E-state index is 6.15. The van der Waals surface area contributed by atoms with Gasteiger partial charge in [0.2, 0.25) is 0 Å². The molecule has 0 radical (unpaired) electrons. The SMILES string of the molecule is CCc1ccc(N(C)c2c(N)c(C)nn2CC)cc1. The van der Waals surface area contributed by atoms with Crippen molar-refractivity contribution >= 4 is 17.2 Å². The fourth-order valence-electron chi connectivity index (χ4n) is 2.23. The topological polar surface area (TPSA) is 47.1 Å². The Morgan fingerprint density at radius 2 is 1.84 bits per heavy atom. The molecule has 0 saturated carbocycles. The van der Waals surface area contributed by atoms with E-state index >= 15 is 0 Å². The predicted octanol–water partition coefficient (Wildman–Crippen LogP) is 3.12. The summed E-state index contributed by atoms with van der Waals surface area (Å²) in [6.45, 7) is 6.99.